The summed E-state index contributed by atoms with van der Waals surface area (Å²) in [5.74, 6) is 2.29. The van der Waals surface area contributed by atoms with E-state index >= 15 is 0 Å². The van der Waals surface area contributed by atoms with Crippen LogP contribution in [0.3, 0.4) is 0 Å². The van der Waals surface area contributed by atoms with Crippen LogP contribution in [0, 0.1) is 17.3 Å². The Labute approximate surface area is 154 Å². The summed E-state index contributed by atoms with van der Waals surface area (Å²) in [6, 6.07) is 0. The third-order valence-electron chi connectivity index (χ3n) is 5.50. The Hall–Kier alpha value is -0.810. The van der Waals surface area contributed by atoms with E-state index in [2.05, 4.69) is 29.5 Å². The molecule has 0 aromatic heterocycles. The van der Waals surface area contributed by atoms with Gasteiger partial charge in [-0.05, 0) is 43.4 Å². The van der Waals surface area contributed by atoms with Crippen molar-refractivity contribution in [3.8, 4) is 0 Å². The van der Waals surface area contributed by atoms with Gasteiger partial charge in [0.05, 0.1) is 13.2 Å². The Bertz CT molecular complexity index is 386. The zero-order valence-corrected chi connectivity index (χ0v) is 16.6. The maximum atomic E-state index is 5.75. The highest BCUT2D eigenvalue weighted by atomic mass is 16.5. The monoisotopic (exact) mass is 353 g/mol. The minimum atomic E-state index is 0.470. The van der Waals surface area contributed by atoms with Gasteiger partial charge in [0.25, 0.3) is 0 Å². The first-order valence-corrected chi connectivity index (χ1v) is 10.2. The van der Waals surface area contributed by atoms with Crippen LogP contribution in [0.2, 0.25) is 0 Å². The lowest BCUT2D eigenvalue weighted by Crippen LogP contribution is -2.43. The van der Waals surface area contributed by atoms with E-state index in [0.29, 0.717) is 11.3 Å². The van der Waals surface area contributed by atoms with Gasteiger partial charge in [-0.1, -0.05) is 26.7 Å². The molecule has 0 aromatic carbocycles. The predicted octanol–water partition coefficient (Wildman–Crippen LogP) is 3.20. The van der Waals surface area contributed by atoms with Gasteiger partial charge in [-0.2, -0.15) is 0 Å². The second-order valence-corrected chi connectivity index (χ2v) is 8.32. The molecule has 0 radical (unpaired) electrons. The van der Waals surface area contributed by atoms with E-state index in [0.717, 1.165) is 64.2 Å². The minimum absolute atomic E-state index is 0.470. The van der Waals surface area contributed by atoms with Crippen LogP contribution in [-0.2, 0) is 9.47 Å². The highest BCUT2D eigenvalue weighted by Gasteiger charge is 2.34. The summed E-state index contributed by atoms with van der Waals surface area (Å²) < 4.78 is 11.1. The summed E-state index contributed by atoms with van der Waals surface area (Å²) in [5.41, 5.74) is 0.470. The molecule has 2 aliphatic rings. The molecule has 146 valence electrons. The predicted molar refractivity (Wildman–Crippen MR) is 104 cm³/mol. The van der Waals surface area contributed by atoms with E-state index in [1.165, 1.54) is 32.1 Å². The van der Waals surface area contributed by atoms with Gasteiger partial charge in [-0.15, -0.1) is 0 Å². The lowest BCUT2D eigenvalue weighted by molar-refractivity contribution is 0.0888. The van der Waals surface area contributed by atoms with Crippen molar-refractivity contribution in [2.45, 2.75) is 58.8 Å². The lowest BCUT2D eigenvalue weighted by Gasteiger charge is -2.32. The normalized spacial score (nSPS) is 23.4. The van der Waals surface area contributed by atoms with Gasteiger partial charge in [-0.25, -0.2) is 0 Å². The molecule has 2 fully saturated rings. The lowest BCUT2D eigenvalue weighted by atomic mass is 9.78. The topological polar surface area (TPSA) is 54.9 Å². The SMILES string of the molecule is CN=C(NCCCOCC1CCOC1)NCC1(CC(C)C)CCCC1. The first-order valence-electron chi connectivity index (χ1n) is 10.2. The molecule has 1 unspecified atom stereocenters. The van der Waals surface area contributed by atoms with Gasteiger partial charge < -0.3 is 20.1 Å². The zero-order chi connectivity index (χ0) is 18.0. The van der Waals surface area contributed by atoms with Crippen molar-refractivity contribution in [3.63, 3.8) is 0 Å². The van der Waals surface area contributed by atoms with E-state index in [9.17, 15) is 0 Å². The number of guanidine groups is 1. The van der Waals surface area contributed by atoms with Crippen LogP contribution in [0.4, 0.5) is 0 Å². The molecule has 0 spiro atoms. The fourth-order valence-electron chi connectivity index (χ4n) is 4.28. The molecule has 2 N–H and O–H groups in total. The van der Waals surface area contributed by atoms with Crippen molar-refractivity contribution < 1.29 is 9.47 Å². The van der Waals surface area contributed by atoms with Crippen molar-refractivity contribution in [3.05, 3.63) is 0 Å². The molecule has 1 saturated heterocycles. The average Bonchev–Trinajstić information content (AvgIpc) is 3.25. The number of nitrogens with one attached hydrogen (secondary N) is 2. The molecule has 5 nitrogen and oxygen atoms in total. The molecule has 25 heavy (non-hydrogen) atoms. The third kappa shape index (κ3) is 7.53. The van der Waals surface area contributed by atoms with Crippen molar-refractivity contribution in [1.82, 2.24) is 10.6 Å². The largest absolute Gasteiger partial charge is 0.381 e. The van der Waals surface area contributed by atoms with E-state index in [-0.39, 0.29) is 0 Å². The van der Waals surface area contributed by atoms with Gasteiger partial charge in [0.2, 0.25) is 0 Å². The summed E-state index contributed by atoms with van der Waals surface area (Å²) in [7, 11) is 1.86. The number of rotatable bonds is 10. The molecule has 2 rings (SSSR count). The van der Waals surface area contributed by atoms with Crippen molar-refractivity contribution in [1.29, 1.82) is 0 Å². The molecule has 1 aliphatic heterocycles. The third-order valence-corrected chi connectivity index (χ3v) is 5.50. The van der Waals surface area contributed by atoms with Crippen molar-refractivity contribution in [2.75, 3.05) is 46.6 Å². The van der Waals surface area contributed by atoms with E-state index < -0.39 is 0 Å². The molecular formula is C20H39N3O2. The average molecular weight is 354 g/mol. The molecule has 1 saturated carbocycles. The number of hydrogen-bond donors (Lipinski definition) is 2. The second kappa shape index (κ2) is 11.0. The fourth-order valence-corrected chi connectivity index (χ4v) is 4.28. The summed E-state index contributed by atoms with van der Waals surface area (Å²) >= 11 is 0. The van der Waals surface area contributed by atoms with E-state index in [1.54, 1.807) is 0 Å². The molecule has 1 aliphatic carbocycles. The Morgan fingerprint density at radius 1 is 1.28 bits per heavy atom. The number of hydrogen-bond acceptors (Lipinski definition) is 3. The quantitative estimate of drug-likeness (QED) is 0.360. The Kier molecular flexibility index (Phi) is 9.04. The second-order valence-electron chi connectivity index (χ2n) is 8.32. The van der Waals surface area contributed by atoms with Crippen LogP contribution >= 0.6 is 0 Å². The molecular weight excluding hydrogens is 314 g/mol. The number of nitrogens with zero attached hydrogens (tertiary/aromatic N) is 1. The molecule has 1 atom stereocenters. The maximum Gasteiger partial charge on any atom is 0.190 e. The van der Waals surface area contributed by atoms with E-state index in [4.69, 9.17) is 9.47 Å². The van der Waals surface area contributed by atoms with Gasteiger partial charge >= 0.3 is 0 Å². The summed E-state index contributed by atoms with van der Waals surface area (Å²) in [6.45, 7) is 10.0. The molecule has 0 aromatic rings. The smallest absolute Gasteiger partial charge is 0.190 e. The Morgan fingerprint density at radius 3 is 2.72 bits per heavy atom. The van der Waals surface area contributed by atoms with Crippen LogP contribution in [0.5, 0.6) is 0 Å². The Morgan fingerprint density at radius 2 is 2.08 bits per heavy atom. The maximum absolute atomic E-state index is 5.75. The zero-order valence-electron chi connectivity index (χ0n) is 16.6. The van der Waals surface area contributed by atoms with Crippen LogP contribution in [0.25, 0.3) is 0 Å². The Balaban J connectivity index is 1.58. The van der Waals surface area contributed by atoms with Crippen LogP contribution in [0.1, 0.15) is 58.8 Å². The van der Waals surface area contributed by atoms with E-state index in [1.807, 2.05) is 7.05 Å². The molecule has 1 heterocycles. The standard InChI is InChI=1S/C20H39N3O2/c1-17(2)13-20(8-4-5-9-20)16-23-19(21-3)22-10-6-11-24-14-18-7-12-25-15-18/h17-18H,4-16H2,1-3H3,(H2,21,22,23). The van der Waals surface area contributed by atoms with Gasteiger partial charge in [0, 0.05) is 39.3 Å². The first kappa shape index (κ1) is 20.5. The summed E-state index contributed by atoms with van der Waals surface area (Å²) in [4.78, 5) is 4.38. The van der Waals surface area contributed by atoms with Crippen LogP contribution in [0.15, 0.2) is 4.99 Å². The fraction of sp³-hybridized carbons (Fsp3) is 0.950. The first-order chi connectivity index (χ1) is 12.1. The summed E-state index contributed by atoms with van der Waals surface area (Å²) in [5, 5.41) is 7.00. The minimum Gasteiger partial charge on any atom is -0.381 e. The molecule has 0 bridgehead atoms. The molecule has 0 amide bonds. The summed E-state index contributed by atoms with van der Waals surface area (Å²) in [6.07, 6.45) is 8.93. The van der Waals surface area contributed by atoms with Gasteiger partial charge in [-0.3, -0.25) is 4.99 Å². The number of aliphatic imine (C=N–C) groups is 1. The van der Waals surface area contributed by atoms with Crippen molar-refractivity contribution >= 4 is 5.96 Å². The highest BCUT2D eigenvalue weighted by molar-refractivity contribution is 5.79. The van der Waals surface area contributed by atoms with Crippen molar-refractivity contribution in [2.24, 2.45) is 22.2 Å². The van der Waals surface area contributed by atoms with Crippen LogP contribution < -0.4 is 10.6 Å². The molecule has 5 heteroatoms. The van der Waals surface area contributed by atoms with Gasteiger partial charge in [0.15, 0.2) is 5.96 Å². The number of ether oxygens (including phenoxy) is 2. The van der Waals surface area contributed by atoms with Crippen LogP contribution in [-0.4, -0.2) is 52.5 Å². The van der Waals surface area contributed by atoms with Gasteiger partial charge in [0.1, 0.15) is 0 Å². The highest BCUT2D eigenvalue weighted by Crippen LogP contribution is 2.42.